The molecule has 1 amide bonds. The summed E-state index contributed by atoms with van der Waals surface area (Å²) in [6.45, 7) is 7.55. The summed E-state index contributed by atoms with van der Waals surface area (Å²) in [5, 5.41) is 11.5. The number of para-hydroxylation sites is 2. The van der Waals surface area contributed by atoms with Crippen molar-refractivity contribution in [2.24, 2.45) is 16.3 Å². The number of methoxy groups -OCH3 is 1. The van der Waals surface area contributed by atoms with Gasteiger partial charge in [0.05, 0.1) is 19.6 Å². The Hall–Kier alpha value is -3.55. The minimum absolute atomic E-state index is 0.0243. The van der Waals surface area contributed by atoms with E-state index in [9.17, 15) is 9.59 Å². The molecular weight excluding hydrogens is 482 g/mol. The maximum absolute atomic E-state index is 12.4. The summed E-state index contributed by atoms with van der Waals surface area (Å²) in [4.78, 5) is 30.4. The lowest BCUT2D eigenvalue weighted by Gasteiger charge is -2.41. The van der Waals surface area contributed by atoms with Gasteiger partial charge in [-0.1, -0.05) is 45.0 Å². The van der Waals surface area contributed by atoms with E-state index in [0.29, 0.717) is 41.3 Å². The standard InChI is InChI=1S/C30H39N3O5/c1-30(2,3)22-13-15-23(16-14-22)33-25(19-38-29(33)32-24-7-5-6-8-26(24)37-4)20-9-11-21(12-10-20)28(36)31-18-17-27(34)35/h5-12,22-23,25H,13-19H2,1-4H3,(H,31,36)(H,34,35). The minimum atomic E-state index is -0.941. The van der Waals surface area contributed by atoms with Crippen LogP contribution in [-0.4, -0.2) is 54.2 Å². The molecule has 2 aromatic carbocycles. The summed E-state index contributed by atoms with van der Waals surface area (Å²) in [5.41, 5.74) is 2.57. The second kappa shape index (κ2) is 11.9. The normalized spacial score (nSPS) is 22.7. The van der Waals surface area contributed by atoms with Gasteiger partial charge in [0.1, 0.15) is 18.0 Å². The first-order valence-corrected chi connectivity index (χ1v) is 13.4. The van der Waals surface area contributed by atoms with Crippen molar-refractivity contribution < 1.29 is 24.2 Å². The summed E-state index contributed by atoms with van der Waals surface area (Å²) >= 11 is 0. The fourth-order valence-electron chi connectivity index (χ4n) is 5.49. The smallest absolute Gasteiger partial charge is 0.305 e. The van der Waals surface area contributed by atoms with Crippen molar-refractivity contribution in [3.05, 3.63) is 59.7 Å². The molecule has 1 atom stereocenters. The SMILES string of the molecule is COc1ccccc1N=C1OCC(c2ccc(C(=O)NCCC(=O)O)cc2)N1C1CCC(C(C)(C)C)CC1. The van der Waals surface area contributed by atoms with Crippen LogP contribution in [0.4, 0.5) is 5.69 Å². The van der Waals surface area contributed by atoms with Gasteiger partial charge < -0.3 is 24.8 Å². The lowest BCUT2D eigenvalue weighted by molar-refractivity contribution is -0.136. The number of carboxylic acid groups (broad SMARTS) is 1. The molecular formula is C30H39N3O5. The molecule has 1 aliphatic carbocycles. The number of carbonyl (C=O) groups excluding carboxylic acids is 1. The number of carbonyl (C=O) groups is 2. The highest BCUT2D eigenvalue weighted by molar-refractivity contribution is 5.94. The van der Waals surface area contributed by atoms with Crippen molar-refractivity contribution >= 4 is 23.6 Å². The fraction of sp³-hybridized carbons (Fsp3) is 0.500. The second-order valence-electron chi connectivity index (χ2n) is 11.2. The van der Waals surface area contributed by atoms with Crippen molar-refractivity contribution in [2.45, 2.75) is 65.0 Å². The van der Waals surface area contributed by atoms with Gasteiger partial charge in [-0.25, -0.2) is 0 Å². The Kier molecular flexibility index (Phi) is 8.59. The first-order chi connectivity index (χ1) is 18.2. The van der Waals surface area contributed by atoms with Crippen LogP contribution in [0.15, 0.2) is 53.5 Å². The average molecular weight is 522 g/mol. The van der Waals surface area contributed by atoms with E-state index in [1.807, 2.05) is 36.4 Å². The highest BCUT2D eigenvalue weighted by Gasteiger charge is 2.40. The Balaban J connectivity index is 1.57. The van der Waals surface area contributed by atoms with E-state index in [-0.39, 0.29) is 24.9 Å². The number of aliphatic imine (C=N–C) groups is 1. The number of carboxylic acids is 1. The number of nitrogens with zero attached hydrogens (tertiary/aromatic N) is 2. The molecule has 0 bridgehead atoms. The number of ether oxygens (including phenoxy) is 2. The minimum Gasteiger partial charge on any atom is -0.494 e. The van der Waals surface area contributed by atoms with E-state index >= 15 is 0 Å². The van der Waals surface area contributed by atoms with E-state index in [2.05, 4.69) is 31.0 Å². The second-order valence-corrected chi connectivity index (χ2v) is 11.2. The predicted molar refractivity (Wildman–Crippen MR) is 147 cm³/mol. The third-order valence-electron chi connectivity index (χ3n) is 7.73. The van der Waals surface area contributed by atoms with Crippen LogP contribution in [0.3, 0.4) is 0 Å². The molecule has 2 aliphatic rings. The van der Waals surface area contributed by atoms with Crippen LogP contribution in [0.5, 0.6) is 5.75 Å². The van der Waals surface area contributed by atoms with E-state index in [4.69, 9.17) is 19.6 Å². The predicted octanol–water partition coefficient (Wildman–Crippen LogP) is 5.57. The number of amides is 1. The number of hydrogen-bond acceptors (Lipinski definition) is 5. The van der Waals surface area contributed by atoms with Crippen molar-refractivity contribution in [2.75, 3.05) is 20.3 Å². The molecule has 2 N–H and O–H groups in total. The quantitative estimate of drug-likeness (QED) is 0.471. The van der Waals surface area contributed by atoms with Gasteiger partial charge in [-0.2, -0.15) is 4.99 Å². The average Bonchev–Trinajstić information content (AvgIpc) is 3.31. The van der Waals surface area contributed by atoms with Gasteiger partial charge in [0, 0.05) is 18.2 Å². The molecule has 204 valence electrons. The van der Waals surface area contributed by atoms with Crippen molar-refractivity contribution in [1.29, 1.82) is 0 Å². The lowest BCUT2D eigenvalue weighted by Crippen LogP contribution is -2.42. The molecule has 0 spiro atoms. The van der Waals surface area contributed by atoms with Crippen molar-refractivity contribution in [3.8, 4) is 5.75 Å². The fourth-order valence-corrected chi connectivity index (χ4v) is 5.49. The van der Waals surface area contributed by atoms with Crippen molar-refractivity contribution in [1.82, 2.24) is 10.2 Å². The highest BCUT2D eigenvalue weighted by atomic mass is 16.5. The number of hydrogen-bond donors (Lipinski definition) is 2. The van der Waals surface area contributed by atoms with Crippen molar-refractivity contribution in [3.63, 3.8) is 0 Å². The molecule has 0 aromatic heterocycles. The molecule has 8 nitrogen and oxygen atoms in total. The zero-order chi connectivity index (χ0) is 27.3. The number of nitrogens with one attached hydrogen (secondary N) is 1. The summed E-state index contributed by atoms with van der Waals surface area (Å²) in [5.74, 6) is 0.163. The molecule has 1 heterocycles. The zero-order valence-corrected chi connectivity index (χ0v) is 22.8. The summed E-state index contributed by atoms with van der Waals surface area (Å²) in [6.07, 6.45) is 4.35. The van der Waals surface area contributed by atoms with E-state index < -0.39 is 5.97 Å². The number of amidine groups is 1. The zero-order valence-electron chi connectivity index (χ0n) is 22.8. The van der Waals surface area contributed by atoms with Gasteiger partial charge in [0.25, 0.3) is 11.9 Å². The topological polar surface area (TPSA) is 100 Å². The van der Waals surface area contributed by atoms with Gasteiger partial charge in [-0.15, -0.1) is 0 Å². The van der Waals surface area contributed by atoms with Crippen LogP contribution >= 0.6 is 0 Å². The molecule has 1 saturated carbocycles. The lowest BCUT2D eigenvalue weighted by atomic mass is 9.71. The van der Waals surface area contributed by atoms with Crippen LogP contribution < -0.4 is 10.1 Å². The van der Waals surface area contributed by atoms with Crippen LogP contribution in [0.2, 0.25) is 0 Å². The molecule has 2 aromatic rings. The molecule has 4 rings (SSSR count). The number of rotatable bonds is 8. The maximum atomic E-state index is 12.4. The monoisotopic (exact) mass is 521 g/mol. The summed E-state index contributed by atoms with van der Waals surface area (Å²) < 4.78 is 11.7. The Bertz CT molecular complexity index is 1150. The van der Waals surface area contributed by atoms with Crippen LogP contribution in [-0.2, 0) is 9.53 Å². The Labute approximate surface area is 225 Å². The molecule has 2 fully saturated rings. The third-order valence-corrected chi connectivity index (χ3v) is 7.73. The largest absolute Gasteiger partial charge is 0.494 e. The molecule has 1 unspecified atom stereocenters. The maximum Gasteiger partial charge on any atom is 0.305 e. The first-order valence-electron chi connectivity index (χ1n) is 13.4. The number of aliphatic carboxylic acids is 1. The molecule has 1 saturated heterocycles. The molecule has 1 aliphatic heterocycles. The molecule has 38 heavy (non-hydrogen) atoms. The van der Waals surface area contributed by atoms with Gasteiger partial charge in [0.2, 0.25) is 0 Å². The van der Waals surface area contributed by atoms with Gasteiger partial charge in [-0.3, -0.25) is 9.59 Å². The number of benzene rings is 2. The highest BCUT2D eigenvalue weighted by Crippen LogP contribution is 2.42. The van der Waals surface area contributed by atoms with Crippen LogP contribution in [0.1, 0.15) is 74.8 Å². The van der Waals surface area contributed by atoms with Crippen LogP contribution in [0.25, 0.3) is 0 Å². The van der Waals surface area contributed by atoms with E-state index in [1.165, 1.54) is 0 Å². The Morgan fingerprint density at radius 1 is 1.08 bits per heavy atom. The first kappa shape index (κ1) is 27.5. The third kappa shape index (κ3) is 6.47. The van der Waals surface area contributed by atoms with Gasteiger partial charge >= 0.3 is 5.97 Å². The summed E-state index contributed by atoms with van der Waals surface area (Å²) in [7, 11) is 1.64. The Morgan fingerprint density at radius 2 is 1.76 bits per heavy atom. The molecule has 8 heteroatoms. The van der Waals surface area contributed by atoms with Gasteiger partial charge in [-0.05, 0) is 66.8 Å². The van der Waals surface area contributed by atoms with E-state index in [1.54, 1.807) is 19.2 Å². The van der Waals surface area contributed by atoms with E-state index in [0.717, 1.165) is 36.9 Å². The van der Waals surface area contributed by atoms with Crippen LogP contribution in [0, 0.1) is 11.3 Å². The summed E-state index contributed by atoms with van der Waals surface area (Å²) in [6, 6.07) is 16.1. The Morgan fingerprint density at radius 3 is 2.39 bits per heavy atom. The molecule has 0 radical (unpaired) electrons. The van der Waals surface area contributed by atoms with Gasteiger partial charge in [0.15, 0.2) is 0 Å².